The minimum absolute atomic E-state index is 0.0734. The Kier molecular flexibility index (Phi) is 43.6. The molecule has 1 aliphatic heterocycles. The Balaban J connectivity index is 0.000000147. The number of ether oxygens (including phenoxy) is 7. The standard InChI is InChI=1S/C22H27N3O2.C20H25N3O2.C20H25N3O.C20H24N2O.C19H29N3O.C18H25N5O/c1-4-5-12-25(3)14-22-20-13-19(10-11-21(20)23-24-22)27-15-17-6-8-18(9-7-17)16(2)26;1-4-5-11-23(2)14-20-18-13-17(9-10-19(18)21-22-20)25-16-8-6-7-15(12-16)24-3;1-3-4-13-23(2)14-18-20-17(21-22-18)11-8-12-19(20)24-15-16-9-6-5-7-10-16;1-3-11-22(2)14-20-19-12-18(10-9-17(19)13-21-20)23-15-16-7-5-4-6-8-16;1-3-4-12-22(2)14-19-17-13-16(10-11-18(17)20-21-19)23-15-8-6-5-7-9-15;1-4-5-9-22(2)12-18-16-11-15(6-7-17(16)19-20-18)24-13-14-8-10-23(3)21-14/h6-11,13H,4-5,12,14-15H2,1-3H3,(H,23,24);6-10,12-13H,4-5,11,14H2,1-3H3,(H,21,22);5-12H,3-4,13-15H2,1-2H3,(H,21,22);4-10,12H,3,11,13-15H2,1-2H3;10-11,13,15H,3-9,12,14H2,1-2H3,(H,20,21);6-8,10-11H,4-5,9,12-13H2,1-3H3,(H,19,20). The lowest BCUT2D eigenvalue weighted by atomic mass is 9.98. The van der Waals surface area contributed by atoms with Crippen LogP contribution in [0.1, 0.15) is 224 Å². The summed E-state index contributed by atoms with van der Waals surface area (Å²) in [6.07, 6.45) is 21.9. The highest BCUT2D eigenvalue weighted by atomic mass is 16.5. The summed E-state index contributed by atoms with van der Waals surface area (Å²) in [7, 11) is 16.4. The quantitative estimate of drug-likeness (QED) is 0.0222. The zero-order valence-electron chi connectivity index (χ0n) is 88.9. The zero-order valence-corrected chi connectivity index (χ0v) is 88.9. The second-order valence-corrected chi connectivity index (χ2v) is 38.7. The van der Waals surface area contributed by atoms with Crippen molar-refractivity contribution >= 4 is 66.0 Å². The molecular weight excluding hydrogens is 1820 g/mol. The summed E-state index contributed by atoms with van der Waals surface area (Å²) in [6, 6.07) is 74.2. The van der Waals surface area contributed by atoms with Crippen LogP contribution in [-0.4, -0.2) is 203 Å². The maximum Gasteiger partial charge on any atom is 0.159 e. The highest BCUT2D eigenvalue weighted by Crippen LogP contribution is 2.35. The van der Waals surface area contributed by atoms with E-state index in [-0.39, 0.29) is 5.78 Å². The summed E-state index contributed by atoms with van der Waals surface area (Å²) in [5, 5.41) is 47.9. The maximum atomic E-state index is 11.4. The Morgan fingerprint density at radius 2 is 0.788 bits per heavy atom. The molecule has 146 heavy (non-hydrogen) atoms. The van der Waals surface area contributed by atoms with Gasteiger partial charge in [-0.15, -0.1) is 0 Å². The summed E-state index contributed by atoms with van der Waals surface area (Å²) in [4.78, 5) is 30.0. The van der Waals surface area contributed by atoms with Crippen molar-refractivity contribution in [2.45, 2.75) is 223 Å². The van der Waals surface area contributed by atoms with Crippen LogP contribution in [0.25, 0.3) is 54.5 Å². The van der Waals surface area contributed by atoms with Crippen LogP contribution in [0.4, 0.5) is 0 Å². The first-order valence-corrected chi connectivity index (χ1v) is 52.5. The molecule has 7 heterocycles. The minimum atomic E-state index is 0.0734. The number of hydrogen-bond acceptors (Lipinski definition) is 21. The smallest absolute Gasteiger partial charge is 0.159 e. The number of hydrogen-bond donors (Lipinski definition) is 5. The van der Waals surface area contributed by atoms with E-state index in [0.717, 1.165) is 226 Å². The summed E-state index contributed by atoms with van der Waals surface area (Å²) in [5.74, 6) is 6.85. The van der Waals surface area contributed by atoms with Crippen LogP contribution in [0.3, 0.4) is 0 Å². The van der Waals surface area contributed by atoms with Crippen molar-refractivity contribution in [1.29, 1.82) is 0 Å². The van der Waals surface area contributed by atoms with E-state index < -0.39 is 0 Å². The fraction of sp³-hybridized carbons (Fsp3) is 0.412. The van der Waals surface area contributed by atoms with Gasteiger partial charge in [-0.3, -0.25) is 40.0 Å². The third kappa shape index (κ3) is 34.0. The average Bonchev–Trinajstić information content (AvgIpc) is 1.61. The van der Waals surface area contributed by atoms with Gasteiger partial charge in [-0.25, -0.2) is 0 Å². The Labute approximate surface area is 863 Å². The van der Waals surface area contributed by atoms with E-state index in [1.165, 1.54) is 135 Å². The monoisotopic (exact) mass is 1980 g/mol. The van der Waals surface area contributed by atoms with Crippen LogP contribution in [0, 0.1) is 0 Å². The topological polar surface area (TPSA) is 275 Å². The van der Waals surface area contributed by atoms with Crippen LogP contribution in [0.15, 0.2) is 236 Å². The van der Waals surface area contributed by atoms with Crippen molar-refractivity contribution in [3.05, 3.63) is 298 Å². The number of fused-ring (bicyclic) bond motifs is 6. The number of rotatable bonds is 47. The Bertz CT molecular complexity index is 6620. The van der Waals surface area contributed by atoms with E-state index in [9.17, 15) is 4.79 Å². The number of nitrogens with one attached hydrogen (secondary N) is 5. The molecule has 774 valence electrons. The number of aliphatic imine (C=N–C) groups is 1. The number of aromatic amines is 5. The van der Waals surface area contributed by atoms with Gasteiger partial charge in [0.15, 0.2) is 5.78 Å². The van der Waals surface area contributed by atoms with Crippen molar-refractivity contribution in [2.75, 3.05) is 95.2 Å². The largest absolute Gasteiger partial charge is 0.497 e. The van der Waals surface area contributed by atoms with E-state index in [2.05, 4.69) is 236 Å². The molecule has 27 heteroatoms. The summed E-state index contributed by atoms with van der Waals surface area (Å²) in [5.41, 5.74) is 19.3. The molecule has 0 unspecified atom stereocenters. The van der Waals surface area contributed by atoms with E-state index >= 15 is 0 Å². The van der Waals surface area contributed by atoms with Crippen molar-refractivity contribution in [2.24, 2.45) is 12.0 Å². The molecule has 0 bridgehead atoms. The molecule has 10 aromatic carbocycles. The second-order valence-electron chi connectivity index (χ2n) is 38.7. The Hall–Kier alpha value is -13.5. The van der Waals surface area contributed by atoms with Crippen molar-refractivity contribution in [1.82, 2.24) is 90.2 Å². The zero-order chi connectivity index (χ0) is 103. The Morgan fingerprint density at radius 3 is 1.27 bits per heavy atom. The van der Waals surface area contributed by atoms with Gasteiger partial charge in [0, 0.05) is 91.3 Å². The fourth-order valence-corrected chi connectivity index (χ4v) is 17.7. The highest BCUT2D eigenvalue weighted by molar-refractivity contribution is 6.05. The van der Waals surface area contributed by atoms with Crippen LogP contribution >= 0.6 is 0 Å². The average molecular weight is 1980 g/mol. The van der Waals surface area contributed by atoms with E-state index in [1.54, 1.807) is 18.7 Å². The summed E-state index contributed by atoms with van der Waals surface area (Å²) in [6.45, 7) is 29.5. The third-order valence-corrected chi connectivity index (χ3v) is 26.0. The number of aryl methyl sites for hydroxylation is 1. The number of unbranched alkanes of at least 4 members (excludes halogenated alkanes) is 5. The van der Waals surface area contributed by atoms with Gasteiger partial charge in [-0.1, -0.05) is 183 Å². The van der Waals surface area contributed by atoms with Gasteiger partial charge < -0.3 is 62.6 Å². The molecular formula is C119H155N19O8. The predicted octanol–water partition coefficient (Wildman–Crippen LogP) is 25.1. The van der Waals surface area contributed by atoms with Crippen LogP contribution in [-0.2, 0) is 72.7 Å². The predicted molar refractivity (Wildman–Crippen MR) is 592 cm³/mol. The summed E-state index contributed by atoms with van der Waals surface area (Å²) < 4.78 is 43.1. The molecule has 18 rings (SSSR count). The van der Waals surface area contributed by atoms with Gasteiger partial charge in [0.25, 0.3) is 0 Å². The number of ketones is 1. The van der Waals surface area contributed by atoms with Gasteiger partial charge in [0.05, 0.1) is 92.6 Å². The normalized spacial score (nSPS) is 12.4. The Morgan fingerprint density at radius 1 is 0.377 bits per heavy atom. The number of nitrogens with zero attached hydrogens (tertiary/aromatic N) is 14. The molecule has 27 nitrogen and oxygen atoms in total. The van der Waals surface area contributed by atoms with Crippen molar-refractivity contribution in [3.8, 4) is 46.0 Å². The SMILES string of the molecule is CCCCN(C)Cc1[nH]nc2ccc(OC3CCCCC3)cc12.CCCCN(C)Cc1[nH]nc2ccc(OCc3ccc(C(C)=O)cc3)cc12.CCCCN(C)Cc1[nH]nc2ccc(OCc3ccn(C)n3)cc12.CCCCN(C)Cc1[nH]nc2ccc(Oc3cccc(OC)c3)cc12.CCCCN(C)Cc1[nH]nc2cccc(OCc3ccccc3)c12.CCCN(C)CC1=NCc2ccc(OCc3ccccc3)cc21. The highest BCUT2D eigenvalue weighted by Gasteiger charge is 2.23. The van der Waals surface area contributed by atoms with Gasteiger partial charge in [-0.2, -0.15) is 30.6 Å². The molecule has 1 aliphatic carbocycles. The van der Waals surface area contributed by atoms with Crippen LogP contribution in [0.2, 0.25) is 0 Å². The minimum Gasteiger partial charge on any atom is -0.497 e. The van der Waals surface area contributed by atoms with Crippen molar-refractivity contribution < 1.29 is 38.0 Å². The molecule has 1 fully saturated rings. The third-order valence-electron chi connectivity index (χ3n) is 26.0. The molecule has 1 saturated carbocycles. The van der Waals surface area contributed by atoms with Gasteiger partial charge >= 0.3 is 0 Å². The number of likely N-dealkylation sites (N-methyl/N-ethyl adjacent to an activating group) is 1. The molecule has 0 spiro atoms. The number of carbonyl (C=O) groups is 1. The van der Waals surface area contributed by atoms with Gasteiger partial charge in [0.1, 0.15) is 72.4 Å². The molecule has 0 atom stereocenters. The number of carbonyl (C=O) groups excluding carboxylic acids is 1. The van der Waals surface area contributed by atoms with Crippen LogP contribution < -0.4 is 33.2 Å². The maximum absolute atomic E-state index is 11.4. The van der Waals surface area contributed by atoms with Crippen LogP contribution in [0.5, 0.6) is 46.0 Å². The number of methoxy groups -OCH3 is 1. The second kappa shape index (κ2) is 58.0. The number of Topliss-reactive ketones (excluding diaryl/α,β-unsaturated/α-hetero) is 1. The van der Waals surface area contributed by atoms with Gasteiger partial charge in [0.2, 0.25) is 0 Å². The molecule has 0 radical (unpaired) electrons. The van der Waals surface area contributed by atoms with E-state index in [4.69, 9.17) is 38.2 Å². The number of H-pyrrole nitrogens is 5. The lowest BCUT2D eigenvalue weighted by molar-refractivity contribution is 0.101. The first-order valence-electron chi connectivity index (χ1n) is 52.5. The molecule has 16 aromatic rings. The first-order chi connectivity index (χ1) is 71.2. The lowest BCUT2D eigenvalue weighted by Gasteiger charge is -2.23. The summed E-state index contributed by atoms with van der Waals surface area (Å²) >= 11 is 0. The molecule has 0 saturated heterocycles. The molecule has 0 amide bonds. The van der Waals surface area contributed by atoms with Crippen molar-refractivity contribution in [3.63, 3.8) is 0 Å². The number of aromatic nitrogens is 12. The van der Waals surface area contributed by atoms with Gasteiger partial charge in [-0.05, 0) is 290 Å². The van der Waals surface area contributed by atoms with E-state index in [1.807, 2.05) is 171 Å². The molecule has 5 N–H and O–H groups in total. The number of benzene rings is 10. The molecule has 6 aromatic heterocycles. The van der Waals surface area contributed by atoms with E-state index in [0.29, 0.717) is 32.5 Å². The first kappa shape index (κ1) is 110. The lowest BCUT2D eigenvalue weighted by Crippen LogP contribution is -2.26. The molecule has 2 aliphatic rings. The fourth-order valence-electron chi connectivity index (χ4n) is 17.7.